The van der Waals surface area contributed by atoms with Crippen molar-refractivity contribution in [3.8, 4) is 0 Å². The molecule has 14 heavy (non-hydrogen) atoms. The Kier molecular flexibility index (Phi) is 3.10. The Bertz CT molecular complexity index is 342. The third-order valence-corrected chi connectivity index (χ3v) is 1.78. The maximum Gasteiger partial charge on any atom is 0.375 e. The lowest BCUT2D eigenvalue weighted by molar-refractivity contribution is -0.164. The number of halogens is 3. The van der Waals surface area contributed by atoms with Crippen LogP contribution < -0.4 is 0 Å². The van der Waals surface area contributed by atoms with Gasteiger partial charge < -0.3 is 5.11 Å². The number of alkyl halides is 2. The van der Waals surface area contributed by atoms with Crippen LogP contribution in [-0.4, -0.2) is 27.0 Å². The van der Waals surface area contributed by atoms with Crippen molar-refractivity contribution in [1.82, 2.24) is 9.97 Å². The number of carboxylic acid groups (broad SMARTS) is 1. The van der Waals surface area contributed by atoms with Crippen molar-refractivity contribution < 1.29 is 18.7 Å². The van der Waals surface area contributed by atoms with Crippen molar-refractivity contribution in [2.75, 3.05) is 0 Å². The molecule has 0 radical (unpaired) electrons. The van der Waals surface area contributed by atoms with Gasteiger partial charge in [-0.25, -0.2) is 14.8 Å². The average Bonchev–Trinajstić information content (AvgIpc) is 2.08. The summed E-state index contributed by atoms with van der Waals surface area (Å²) in [7, 11) is 0. The summed E-state index contributed by atoms with van der Waals surface area (Å²) in [4.78, 5) is 17.2. The Hall–Kier alpha value is -1.11. The van der Waals surface area contributed by atoms with E-state index in [2.05, 4.69) is 25.9 Å². The molecule has 1 N–H and O–H groups in total. The van der Waals surface area contributed by atoms with Gasteiger partial charge in [0.25, 0.3) is 0 Å². The topological polar surface area (TPSA) is 63.1 Å². The maximum atomic E-state index is 12.6. The normalized spacial score (nSPS) is 11.4. The Labute approximate surface area is 86.1 Å². The van der Waals surface area contributed by atoms with Gasteiger partial charge in [0.1, 0.15) is 5.82 Å². The molecular weight excluding hydrogens is 262 g/mol. The Morgan fingerprint density at radius 3 is 2.43 bits per heavy atom. The van der Waals surface area contributed by atoms with Gasteiger partial charge in [-0.05, 0) is 15.9 Å². The number of hydrogen-bond acceptors (Lipinski definition) is 3. The van der Waals surface area contributed by atoms with Crippen LogP contribution in [0.4, 0.5) is 8.78 Å². The zero-order valence-electron chi connectivity index (χ0n) is 6.75. The number of carboxylic acids is 1. The molecule has 0 unspecified atom stereocenters. The zero-order valence-corrected chi connectivity index (χ0v) is 8.33. The minimum absolute atomic E-state index is 0.208. The number of nitrogens with zero attached hydrogens (tertiary/aromatic N) is 2. The lowest BCUT2D eigenvalue weighted by Gasteiger charge is -2.08. The Morgan fingerprint density at radius 2 is 2.00 bits per heavy atom. The molecular formula is C7H5BrF2N2O2. The van der Waals surface area contributed by atoms with Crippen LogP contribution in [-0.2, 0) is 11.2 Å². The molecule has 0 spiro atoms. The Morgan fingerprint density at radius 1 is 1.50 bits per heavy atom. The van der Waals surface area contributed by atoms with E-state index in [0.29, 0.717) is 4.47 Å². The average molecular weight is 267 g/mol. The third-order valence-electron chi connectivity index (χ3n) is 1.37. The first kappa shape index (κ1) is 11.0. The third kappa shape index (κ3) is 2.69. The van der Waals surface area contributed by atoms with Crippen molar-refractivity contribution in [2.24, 2.45) is 0 Å². The molecule has 4 nitrogen and oxygen atoms in total. The molecule has 0 amide bonds. The predicted molar refractivity (Wildman–Crippen MR) is 46.0 cm³/mol. The Balaban J connectivity index is 2.79. The van der Waals surface area contributed by atoms with E-state index in [1.165, 1.54) is 12.4 Å². The fourth-order valence-electron chi connectivity index (χ4n) is 0.704. The summed E-state index contributed by atoms with van der Waals surface area (Å²) in [5, 5.41) is 8.14. The first-order chi connectivity index (χ1) is 6.42. The van der Waals surface area contributed by atoms with E-state index in [0.717, 1.165) is 0 Å². The largest absolute Gasteiger partial charge is 0.477 e. The van der Waals surface area contributed by atoms with Crippen LogP contribution in [0.3, 0.4) is 0 Å². The molecule has 1 aromatic rings. The molecule has 0 aliphatic rings. The molecule has 1 heterocycles. The lowest BCUT2D eigenvalue weighted by Crippen LogP contribution is -2.31. The SMILES string of the molecule is O=C(O)C(F)(F)Cc1ncc(Br)cn1. The van der Waals surface area contributed by atoms with Crippen molar-refractivity contribution in [2.45, 2.75) is 12.3 Å². The highest BCUT2D eigenvalue weighted by atomic mass is 79.9. The van der Waals surface area contributed by atoms with Gasteiger partial charge in [0, 0.05) is 12.4 Å². The predicted octanol–water partition coefficient (Wildman–Crippen LogP) is 1.50. The van der Waals surface area contributed by atoms with Gasteiger partial charge in [-0.3, -0.25) is 0 Å². The summed E-state index contributed by atoms with van der Waals surface area (Å²) < 4.78 is 25.8. The second-order valence-electron chi connectivity index (χ2n) is 2.50. The molecule has 0 bridgehead atoms. The molecule has 76 valence electrons. The second kappa shape index (κ2) is 3.95. The monoisotopic (exact) mass is 266 g/mol. The quantitative estimate of drug-likeness (QED) is 0.901. The lowest BCUT2D eigenvalue weighted by atomic mass is 10.2. The van der Waals surface area contributed by atoms with Crippen molar-refractivity contribution >= 4 is 21.9 Å². The van der Waals surface area contributed by atoms with Crippen molar-refractivity contribution in [1.29, 1.82) is 0 Å². The van der Waals surface area contributed by atoms with Crippen LogP contribution in [0, 0.1) is 0 Å². The van der Waals surface area contributed by atoms with E-state index >= 15 is 0 Å². The van der Waals surface area contributed by atoms with Crippen LogP contribution in [0.5, 0.6) is 0 Å². The van der Waals surface area contributed by atoms with Gasteiger partial charge in [0.2, 0.25) is 0 Å². The summed E-state index contributed by atoms with van der Waals surface area (Å²) >= 11 is 3.03. The first-order valence-corrected chi connectivity index (χ1v) is 4.29. The second-order valence-corrected chi connectivity index (χ2v) is 3.42. The van der Waals surface area contributed by atoms with Crippen molar-refractivity contribution in [3.05, 3.63) is 22.7 Å². The van der Waals surface area contributed by atoms with Crippen molar-refractivity contribution in [3.63, 3.8) is 0 Å². The standard InChI is InChI=1S/C7H5BrF2N2O2/c8-4-2-11-5(12-3-4)1-7(9,10)6(13)14/h2-3H,1H2,(H,13,14). The highest BCUT2D eigenvalue weighted by Crippen LogP contribution is 2.18. The number of aromatic nitrogens is 2. The molecule has 7 heteroatoms. The molecule has 0 atom stereocenters. The summed E-state index contributed by atoms with van der Waals surface area (Å²) in [6.45, 7) is 0. The van der Waals surface area contributed by atoms with E-state index in [4.69, 9.17) is 5.11 Å². The fraction of sp³-hybridized carbons (Fsp3) is 0.286. The van der Waals surface area contributed by atoms with Gasteiger partial charge >= 0.3 is 11.9 Å². The molecule has 0 aliphatic carbocycles. The molecule has 1 aromatic heterocycles. The number of rotatable bonds is 3. The van der Waals surface area contributed by atoms with E-state index in [-0.39, 0.29) is 5.82 Å². The highest BCUT2D eigenvalue weighted by molar-refractivity contribution is 9.10. The summed E-state index contributed by atoms with van der Waals surface area (Å²) in [6.07, 6.45) is 1.55. The van der Waals surface area contributed by atoms with E-state index in [1.807, 2.05) is 0 Å². The highest BCUT2D eigenvalue weighted by Gasteiger charge is 2.39. The van der Waals surface area contributed by atoms with Crippen LogP contribution in [0.15, 0.2) is 16.9 Å². The molecule has 0 aromatic carbocycles. The van der Waals surface area contributed by atoms with Crippen LogP contribution in [0.2, 0.25) is 0 Å². The molecule has 0 saturated heterocycles. The van der Waals surface area contributed by atoms with Gasteiger partial charge in [0.05, 0.1) is 10.9 Å². The molecule has 0 fully saturated rings. The number of carbonyl (C=O) groups is 1. The summed E-state index contributed by atoms with van der Waals surface area (Å²) in [6, 6.07) is 0. The smallest absolute Gasteiger partial charge is 0.375 e. The van der Waals surface area contributed by atoms with E-state index in [9.17, 15) is 13.6 Å². The fourth-order valence-corrected chi connectivity index (χ4v) is 0.909. The van der Waals surface area contributed by atoms with Crippen LogP contribution in [0.1, 0.15) is 5.82 Å². The van der Waals surface area contributed by atoms with Gasteiger partial charge in [-0.2, -0.15) is 8.78 Å². The van der Waals surface area contributed by atoms with Crippen LogP contribution >= 0.6 is 15.9 Å². The molecule has 1 rings (SSSR count). The van der Waals surface area contributed by atoms with Crippen LogP contribution in [0.25, 0.3) is 0 Å². The maximum absolute atomic E-state index is 12.6. The van der Waals surface area contributed by atoms with Gasteiger partial charge in [-0.15, -0.1) is 0 Å². The van der Waals surface area contributed by atoms with Gasteiger partial charge in [0.15, 0.2) is 0 Å². The van der Waals surface area contributed by atoms with Gasteiger partial charge in [-0.1, -0.05) is 0 Å². The first-order valence-electron chi connectivity index (χ1n) is 3.49. The molecule has 0 aliphatic heterocycles. The molecule has 0 saturated carbocycles. The number of hydrogen-bond donors (Lipinski definition) is 1. The zero-order chi connectivity index (χ0) is 10.8. The van der Waals surface area contributed by atoms with E-state index < -0.39 is 18.3 Å². The summed E-state index contributed by atoms with van der Waals surface area (Å²) in [5.74, 6) is -6.21. The van der Waals surface area contributed by atoms with E-state index in [1.54, 1.807) is 0 Å². The minimum atomic E-state index is -3.83. The summed E-state index contributed by atoms with van der Waals surface area (Å²) in [5.41, 5.74) is 0. The number of aliphatic carboxylic acids is 1. The minimum Gasteiger partial charge on any atom is -0.477 e.